The summed E-state index contributed by atoms with van der Waals surface area (Å²) < 4.78 is 5.17. The summed E-state index contributed by atoms with van der Waals surface area (Å²) >= 11 is 1.76. The van der Waals surface area contributed by atoms with E-state index in [-0.39, 0.29) is 5.41 Å². The van der Waals surface area contributed by atoms with Gasteiger partial charge in [0.25, 0.3) is 0 Å². The van der Waals surface area contributed by atoms with Crippen LogP contribution in [0.15, 0.2) is 35.7 Å². The van der Waals surface area contributed by atoms with E-state index in [0.717, 1.165) is 5.75 Å². The summed E-state index contributed by atoms with van der Waals surface area (Å²) in [6, 6.07) is 10.4. The van der Waals surface area contributed by atoms with Crippen molar-refractivity contribution >= 4 is 11.3 Å². The molecule has 2 aromatic rings. The van der Waals surface area contributed by atoms with E-state index in [1.54, 1.807) is 18.4 Å². The topological polar surface area (TPSA) is 35.2 Å². The van der Waals surface area contributed by atoms with Gasteiger partial charge < -0.3 is 10.5 Å². The third-order valence-electron chi connectivity index (χ3n) is 3.27. The summed E-state index contributed by atoms with van der Waals surface area (Å²) in [7, 11) is 1.68. The van der Waals surface area contributed by atoms with Gasteiger partial charge in [-0.1, -0.05) is 13.8 Å². The van der Waals surface area contributed by atoms with Crippen molar-refractivity contribution in [2.24, 2.45) is 5.73 Å². The molecular formula is C15H19NOS. The summed E-state index contributed by atoms with van der Waals surface area (Å²) in [6.07, 6.45) is 0. The van der Waals surface area contributed by atoms with Crippen LogP contribution in [-0.2, 0) is 5.41 Å². The van der Waals surface area contributed by atoms with E-state index >= 15 is 0 Å². The van der Waals surface area contributed by atoms with Crippen LogP contribution >= 0.6 is 11.3 Å². The highest BCUT2D eigenvalue weighted by Crippen LogP contribution is 2.33. The number of methoxy groups -OCH3 is 1. The van der Waals surface area contributed by atoms with Crippen molar-refractivity contribution in [3.05, 3.63) is 41.3 Å². The minimum absolute atomic E-state index is 0.0429. The van der Waals surface area contributed by atoms with Crippen LogP contribution in [0.2, 0.25) is 0 Å². The number of hydrogen-bond acceptors (Lipinski definition) is 3. The summed E-state index contributed by atoms with van der Waals surface area (Å²) in [5, 5.41) is 2.20. The molecule has 0 unspecified atom stereocenters. The predicted molar refractivity (Wildman–Crippen MR) is 78.4 cm³/mol. The van der Waals surface area contributed by atoms with Crippen LogP contribution in [0, 0.1) is 0 Å². The first-order chi connectivity index (χ1) is 8.56. The van der Waals surface area contributed by atoms with Gasteiger partial charge in [-0.2, -0.15) is 0 Å². The first-order valence-corrected chi connectivity index (χ1v) is 6.88. The van der Waals surface area contributed by atoms with Gasteiger partial charge in [-0.05, 0) is 46.8 Å². The fourth-order valence-corrected chi connectivity index (χ4v) is 2.82. The Hall–Kier alpha value is -1.32. The monoisotopic (exact) mass is 261 g/mol. The molecule has 0 aliphatic rings. The minimum Gasteiger partial charge on any atom is -0.497 e. The molecular weight excluding hydrogens is 242 g/mol. The maximum absolute atomic E-state index is 5.81. The van der Waals surface area contributed by atoms with Gasteiger partial charge in [-0.3, -0.25) is 0 Å². The lowest BCUT2D eigenvalue weighted by molar-refractivity contribution is 0.415. The van der Waals surface area contributed by atoms with Crippen LogP contribution in [0.4, 0.5) is 0 Å². The molecule has 2 rings (SSSR count). The van der Waals surface area contributed by atoms with Crippen LogP contribution < -0.4 is 10.5 Å². The average molecular weight is 261 g/mol. The maximum Gasteiger partial charge on any atom is 0.118 e. The van der Waals surface area contributed by atoms with Gasteiger partial charge in [0.15, 0.2) is 0 Å². The molecule has 0 radical (unpaired) electrons. The fourth-order valence-electron chi connectivity index (χ4n) is 1.72. The Morgan fingerprint density at radius 2 is 1.89 bits per heavy atom. The van der Waals surface area contributed by atoms with Gasteiger partial charge in [0, 0.05) is 16.8 Å². The number of nitrogens with two attached hydrogens (primary N) is 1. The standard InChI is InChI=1S/C15H19NOS/c1-15(2,10-16)12-8-14(18-9-12)11-4-6-13(17-3)7-5-11/h4-9H,10,16H2,1-3H3. The molecule has 1 heterocycles. The van der Waals surface area contributed by atoms with E-state index in [1.165, 1.54) is 16.0 Å². The van der Waals surface area contributed by atoms with Crippen molar-refractivity contribution in [2.75, 3.05) is 13.7 Å². The number of hydrogen-bond donors (Lipinski definition) is 1. The van der Waals surface area contributed by atoms with Crippen LogP contribution in [0.1, 0.15) is 19.4 Å². The molecule has 96 valence electrons. The lowest BCUT2D eigenvalue weighted by Crippen LogP contribution is -2.27. The van der Waals surface area contributed by atoms with Gasteiger partial charge in [-0.15, -0.1) is 11.3 Å². The predicted octanol–water partition coefficient (Wildman–Crippen LogP) is 3.66. The number of benzene rings is 1. The fraction of sp³-hybridized carbons (Fsp3) is 0.333. The van der Waals surface area contributed by atoms with Crippen molar-refractivity contribution in [2.45, 2.75) is 19.3 Å². The quantitative estimate of drug-likeness (QED) is 0.911. The van der Waals surface area contributed by atoms with Crippen molar-refractivity contribution in [1.29, 1.82) is 0 Å². The molecule has 0 aliphatic carbocycles. The molecule has 3 heteroatoms. The molecule has 1 aromatic heterocycles. The Labute approximate surface area is 112 Å². The third kappa shape index (κ3) is 2.57. The Morgan fingerprint density at radius 3 is 2.44 bits per heavy atom. The van der Waals surface area contributed by atoms with Gasteiger partial charge in [0.2, 0.25) is 0 Å². The lowest BCUT2D eigenvalue weighted by atomic mass is 9.86. The van der Waals surface area contributed by atoms with Gasteiger partial charge >= 0.3 is 0 Å². The Balaban J connectivity index is 2.29. The zero-order chi connectivity index (χ0) is 13.2. The number of ether oxygens (including phenoxy) is 1. The summed E-state index contributed by atoms with van der Waals surface area (Å²) in [5.74, 6) is 0.887. The van der Waals surface area contributed by atoms with Gasteiger partial charge in [-0.25, -0.2) is 0 Å². The molecule has 0 atom stereocenters. The second-order valence-corrected chi connectivity index (χ2v) is 5.93. The van der Waals surface area contributed by atoms with E-state index in [4.69, 9.17) is 10.5 Å². The van der Waals surface area contributed by atoms with Crippen LogP contribution in [0.3, 0.4) is 0 Å². The normalized spacial score (nSPS) is 11.6. The largest absolute Gasteiger partial charge is 0.497 e. The van der Waals surface area contributed by atoms with E-state index in [1.807, 2.05) is 12.1 Å². The molecule has 2 N–H and O–H groups in total. The second-order valence-electron chi connectivity index (χ2n) is 5.02. The molecule has 0 spiro atoms. The number of rotatable bonds is 4. The Morgan fingerprint density at radius 1 is 1.22 bits per heavy atom. The molecule has 0 saturated heterocycles. The number of thiophene rings is 1. The lowest BCUT2D eigenvalue weighted by Gasteiger charge is -2.20. The zero-order valence-corrected chi connectivity index (χ0v) is 11.9. The zero-order valence-electron chi connectivity index (χ0n) is 11.1. The SMILES string of the molecule is COc1ccc(-c2cc(C(C)(C)CN)cs2)cc1. The molecule has 1 aromatic carbocycles. The summed E-state index contributed by atoms with van der Waals surface area (Å²) in [5.41, 5.74) is 8.38. The Bertz CT molecular complexity index is 514. The van der Waals surface area contributed by atoms with E-state index < -0.39 is 0 Å². The molecule has 0 bridgehead atoms. The molecule has 0 saturated carbocycles. The van der Waals surface area contributed by atoms with Crippen molar-refractivity contribution in [3.63, 3.8) is 0 Å². The second kappa shape index (κ2) is 5.12. The first-order valence-electron chi connectivity index (χ1n) is 6.00. The molecule has 0 fully saturated rings. The average Bonchev–Trinajstić information content (AvgIpc) is 2.89. The minimum atomic E-state index is 0.0429. The smallest absolute Gasteiger partial charge is 0.118 e. The van der Waals surface area contributed by atoms with E-state index in [2.05, 4.69) is 37.4 Å². The van der Waals surface area contributed by atoms with E-state index in [0.29, 0.717) is 6.54 Å². The van der Waals surface area contributed by atoms with Gasteiger partial charge in [0.05, 0.1) is 7.11 Å². The van der Waals surface area contributed by atoms with Crippen molar-refractivity contribution < 1.29 is 4.74 Å². The third-order valence-corrected chi connectivity index (χ3v) is 4.25. The summed E-state index contributed by atoms with van der Waals surface area (Å²) in [6.45, 7) is 5.01. The highest BCUT2D eigenvalue weighted by molar-refractivity contribution is 7.13. The highest BCUT2D eigenvalue weighted by Gasteiger charge is 2.20. The van der Waals surface area contributed by atoms with Crippen molar-refractivity contribution in [3.8, 4) is 16.2 Å². The van der Waals surface area contributed by atoms with Crippen molar-refractivity contribution in [1.82, 2.24) is 0 Å². The van der Waals surface area contributed by atoms with Gasteiger partial charge in [0.1, 0.15) is 5.75 Å². The molecule has 18 heavy (non-hydrogen) atoms. The van der Waals surface area contributed by atoms with Crippen LogP contribution in [0.5, 0.6) is 5.75 Å². The summed E-state index contributed by atoms with van der Waals surface area (Å²) in [4.78, 5) is 1.27. The highest BCUT2D eigenvalue weighted by atomic mass is 32.1. The molecule has 0 aliphatic heterocycles. The van der Waals surface area contributed by atoms with Crippen LogP contribution in [0.25, 0.3) is 10.4 Å². The maximum atomic E-state index is 5.81. The molecule has 0 amide bonds. The van der Waals surface area contributed by atoms with E-state index in [9.17, 15) is 0 Å². The Kier molecular flexibility index (Phi) is 3.73. The van der Waals surface area contributed by atoms with Crippen LogP contribution in [-0.4, -0.2) is 13.7 Å². The first kappa shape index (κ1) is 13.1. The molecule has 2 nitrogen and oxygen atoms in total.